The second kappa shape index (κ2) is 8.74. The summed E-state index contributed by atoms with van der Waals surface area (Å²) in [6.07, 6.45) is -1.41. The highest BCUT2D eigenvalue weighted by molar-refractivity contribution is 6.22. The van der Waals surface area contributed by atoms with E-state index in [1.165, 1.54) is 19.1 Å². The Bertz CT molecular complexity index is 1070. The molecule has 162 valence electrons. The standard InChI is InChI=1S/C25H22N2O5/c1-16(28)21(26-23(29)19-14-8-9-15-20(19)24(26)30)25(31)27(32)22(17-10-4-2-5-11-17)18-12-6-3-7-13-18/h2-16,21-22,28,32H,1H3/t16-,21+/m1/s1. The van der Waals surface area contributed by atoms with Gasteiger partial charge in [0.25, 0.3) is 17.7 Å². The lowest BCUT2D eigenvalue weighted by Crippen LogP contribution is -2.55. The smallest absolute Gasteiger partial charge is 0.272 e. The largest absolute Gasteiger partial charge is 0.391 e. The van der Waals surface area contributed by atoms with Gasteiger partial charge in [0.05, 0.1) is 17.2 Å². The SMILES string of the molecule is C[C@@H](O)[C@@H](C(=O)N(O)C(c1ccccc1)c1ccccc1)N1C(=O)c2ccccc2C1=O. The Labute approximate surface area is 185 Å². The predicted octanol–water partition coefficient (Wildman–Crippen LogP) is 3.04. The van der Waals surface area contributed by atoms with Crippen molar-refractivity contribution in [2.45, 2.75) is 25.1 Å². The molecule has 0 radical (unpaired) electrons. The van der Waals surface area contributed by atoms with Crippen molar-refractivity contribution in [1.82, 2.24) is 9.96 Å². The van der Waals surface area contributed by atoms with E-state index < -0.39 is 35.9 Å². The first-order valence-corrected chi connectivity index (χ1v) is 10.2. The third-order valence-corrected chi connectivity index (χ3v) is 5.51. The summed E-state index contributed by atoms with van der Waals surface area (Å²) in [5.74, 6) is -2.34. The van der Waals surface area contributed by atoms with Gasteiger partial charge in [0.15, 0.2) is 0 Å². The minimum atomic E-state index is -1.60. The number of imide groups is 1. The number of rotatable bonds is 6. The second-order valence-electron chi connectivity index (χ2n) is 7.62. The highest BCUT2D eigenvalue weighted by Crippen LogP contribution is 2.31. The van der Waals surface area contributed by atoms with Gasteiger partial charge >= 0.3 is 0 Å². The number of amides is 3. The van der Waals surface area contributed by atoms with Gasteiger partial charge in [0, 0.05) is 0 Å². The number of carbonyl (C=O) groups is 3. The number of hydrogen-bond donors (Lipinski definition) is 2. The first-order chi connectivity index (χ1) is 15.4. The molecule has 2 atom stereocenters. The number of hydrogen-bond acceptors (Lipinski definition) is 5. The van der Waals surface area contributed by atoms with Crippen molar-refractivity contribution in [2.75, 3.05) is 0 Å². The highest BCUT2D eigenvalue weighted by Gasteiger charge is 2.47. The fourth-order valence-corrected chi connectivity index (χ4v) is 4.00. The van der Waals surface area contributed by atoms with Crippen molar-refractivity contribution in [3.8, 4) is 0 Å². The molecule has 1 heterocycles. The Hall–Kier alpha value is -3.81. The van der Waals surface area contributed by atoms with Crippen molar-refractivity contribution in [3.63, 3.8) is 0 Å². The fourth-order valence-electron chi connectivity index (χ4n) is 4.00. The lowest BCUT2D eigenvalue weighted by molar-refractivity contribution is -0.180. The molecule has 3 aromatic rings. The number of carbonyl (C=O) groups excluding carboxylic acids is 3. The van der Waals surface area contributed by atoms with Crippen LogP contribution in [0.15, 0.2) is 84.9 Å². The molecule has 3 aromatic carbocycles. The molecule has 2 N–H and O–H groups in total. The van der Waals surface area contributed by atoms with Gasteiger partial charge in [-0.05, 0) is 30.2 Å². The molecule has 32 heavy (non-hydrogen) atoms. The third kappa shape index (κ3) is 3.68. The maximum atomic E-state index is 13.5. The summed E-state index contributed by atoms with van der Waals surface area (Å²) in [5.41, 5.74) is 1.56. The minimum Gasteiger partial charge on any atom is -0.391 e. The maximum Gasteiger partial charge on any atom is 0.272 e. The van der Waals surface area contributed by atoms with Crippen LogP contribution in [0.5, 0.6) is 0 Å². The normalized spacial score (nSPS) is 14.9. The number of nitrogens with zero attached hydrogens (tertiary/aromatic N) is 2. The molecule has 0 aromatic heterocycles. The van der Waals surface area contributed by atoms with E-state index in [2.05, 4.69) is 0 Å². The van der Waals surface area contributed by atoms with Gasteiger partial charge in [-0.15, -0.1) is 0 Å². The molecule has 1 aliphatic rings. The predicted molar refractivity (Wildman–Crippen MR) is 116 cm³/mol. The Balaban J connectivity index is 1.73. The van der Waals surface area contributed by atoms with Crippen LogP contribution >= 0.6 is 0 Å². The van der Waals surface area contributed by atoms with E-state index in [1.807, 2.05) is 12.1 Å². The summed E-state index contributed by atoms with van der Waals surface area (Å²) < 4.78 is 0. The molecule has 1 aliphatic heterocycles. The summed E-state index contributed by atoms with van der Waals surface area (Å²) in [4.78, 5) is 40.1. The van der Waals surface area contributed by atoms with Crippen LogP contribution in [-0.4, -0.2) is 50.1 Å². The van der Waals surface area contributed by atoms with Crippen LogP contribution in [-0.2, 0) is 4.79 Å². The zero-order chi connectivity index (χ0) is 22.8. The quantitative estimate of drug-likeness (QED) is 0.356. The zero-order valence-electron chi connectivity index (χ0n) is 17.3. The molecule has 0 unspecified atom stereocenters. The topological polar surface area (TPSA) is 98.1 Å². The van der Waals surface area contributed by atoms with Crippen molar-refractivity contribution in [1.29, 1.82) is 0 Å². The molecule has 7 nitrogen and oxygen atoms in total. The van der Waals surface area contributed by atoms with E-state index in [-0.39, 0.29) is 11.1 Å². The fraction of sp³-hybridized carbons (Fsp3) is 0.160. The Kier molecular flexibility index (Phi) is 5.85. The van der Waals surface area contributed by atoms with Crippen LogP contribution in [0.4, 0.5) is 0 Å². The third-order valence-electron chi connectivity index (χ3n) is 5.51. The van der Waals surface area contributed by atoms with E-state index >= 15 is 0 Å². The molecule has 7 heteroatoms. The first kappa shape index (κ1) is 21.4. The van der Waals surface area contributed by atoms with Crippen LogP contribution in [0.3, 0.4) is 0 Å². The number of benzene rings is 3. The summed E-state index contributed by atoms with van der Waals surface area (Å²) in [6.45, 7) is 1.31. The van der Waals surface area contributed by atoms with Gasteiger partial charge < -0.3 is 5.11 Å². The van der Waals surface area contributed by atoms with Crippen LogP contribution in [0.2, 0.25) is 0 Å². The maximum absolute atomic E-state index is 13.5. The Morgan fingerprint density at radius 2 is 1.19 bits per heavy atom. The molecule has 0 aliphatic carbocycles. The minimum absolute atomic E-state index is 0.156. The van der Waals surface area contributed by atoms with Gasteiger partial charge in [-0.25, -0.2) is 5.06 Å². The van der Waals surface area contributed by atoms with Crippen molar-refractivity contribution >= 4 is 17.7 Å². The summed E-state index contributed by atoms with van der Waals surface area (Å²) in [5, 5.41) is 22.0. The number of aliphatic hydroxyl groups is 1. The molecular weight excluding hydrogens is 408 g/mol. The number of fused-ring (bicyclic) bond motifs is 1. The van der Waals surface area contributed by atoms with Gasteiger partial charge in [-0.3, -0.25) is 24.5 Å². The van der Waals surface area contributed by atoms with E-state index in [0.717, 1.165) is 4.90 Å². The van der Waals surface area contributed by atoms with E-state index in [4.69, 9.17) is 0 Å². The second-order valence-corrected chi connectivity index (χ2v) is 7.62. The summed E-state index contributed by atoms with van der Waals surface area (Å²) in [7, 11) is 0. The molecule has 0 saturated carbocycles. The Morgan fingerprint density at radius 3 is 1.59 bits per heavy atom. The van der Waals surface area contributed by atoms with Crippen LogP contribution < -0.4 is 0 Å². The summed E-state index contributed by atoms with van der Waals surface area (Å²) in [6, 6.07) is 21.5. The highest BCUT2D eigenvalue weighted by atomic mass is 16.5. The van der Waals surface area contributed by atoms with Crippen molar-refractivity contribution < 1.29 is 24.7 Å². The Morgan fingerprint density at radius 1 is 0.781 bits per heavy atom. The molecule has 4 rings (SSSR count). The molecule has 0 bridgehead atoms. The average molecular weight is 430 g/mol. The van der Waals surface area contributed by atoms with Gasteiger partial charge in [-0.1, -0.05) is 72.8 Å². The van der Waals surface area contributed by atoms with E-state index in [0.29, 0.717) is 16.2 Å². The van der Waals surface area contributed by atoms with Crippen molar-refractivity contribution in [3.05, 3.63) is 107 Å². The van der Waals surface area contributed by atoms with E-state index in [9.17, 15) is 24.7 Å². The molecule has 3 amide bonds. The number of hydroxylamine groups is 2. The van der Waals surface area contributed by atoms with Gasteiger partial charge in [0.2, 0.25) is 0 Å². The van der Waals surface area contributed by atoms with Crippen molar-refractivity contribution in [2.24, 2.45) is 0 Å². The molecule has 0 spiro atoms. The van der Waals surface area contributed by atoms with Gasteiger partial charge in [-0.2, -0.15) is 0 Å². The summed E-state index contributed by atoms with van der Waals surface area (Å²) >= 11 is 0. The van der Waals surface area contributed by atoms with Gasteiger partial charge in [0.1, 0.15) is 12.1 Å². The number of aliphatic hydroxyl groups excluding tert-OH is 1. The van der Waals surface area contributed by atoms with Crippen LogP contribution in [0.1, 0.15) is 44.8 Å². The zero-order valence-corrected chi connectivity index (χ0v) is 17.3. The van der Waals surface area contributed by atoms with Crippen LogP contribution in [0.25, 0.3) is 0 Å². The first-order valence-electron chi connectivity index (χ1n) is 10.2. The average Bonchev–Trinajstić information content (AvgIpc) is 3.06. The van der Waals surface area contributed by atoms with Crippen LogP contribution in [0, 0.1) is 0 Å². The lowest BCUT2D eigenvalue weighted by atomic mass is 9.97. The lowest BCUT2D eigenvalue weighted by Gasteiger charge is -2.34. The molecule has 0 fully saturated rings. The molecular formula is C25H22N2O5. The van der Waals surface area contributed by atoms with E-state index in [1.54, 1.807) is 60.7 Å². The monoisotopic (exact) mass is 430 g/mol. The molecule has 0 saturated heterocycles.